The molecule has 0 amide bonds. The number of hydrogen-bond acceptors (Lipinski definition) is 7. The number of nitrogens with zero attached hydrogens (tertiary/aromatic N) is 4. The molecule has 2 fully saturated rings. The van der Waals surface area contributed by atoms with E-state index in [1.165, 1.54) is 12.1 Å². The van der Waals surface area contributed by atoms with E-state index in [4.69, 9.17) is 20.4 Å². The first kappa shape index (κ1) is 24.8. The lowest BCUT2D eigenvalue weighted by Crippen LogP contribution is -2.41. The van der Waals surface area contributed by atoms with Crippen LogP contribution in [0, 0.1) is 5.92 Å². The summed E-state index contributed by atoms with van der Waals surface area (Å²) in [7, 11) is 0. The van der Waals surface area contributed by atoms with Crippen LogP contribution in [-0.2, 0) is 10.9 Å². The molecule has 8 nitrogen and oxygen atoms in total. The number of nitrogens with two attached hydrogens (primary N) is 1. The molecule has 1 aliphatic heterocycles. The molecule has 0 unspecified atom stereocenters. The van der Waals surface area contributed by atoms with Crippen LogP contribution in [-0.4, -0.2) is 44.8 Å². The molecule has 1 saturated carbocycles. The molecule has 4 N–H and O–H groups in total. The lowest BCUT2D eigenvalue weighted by molar-refractivity contribution is -0.137. The molecule has 0 atom stereocenters. The Morgan fingerprint density at radius 3 is 2.42 bits per heavy atom. The van der Waals surface area contributed by atoms with Crippen molar-refractivity contribution in [1.29, 1.82) is 0 Å². The van der Waals surface area contributed by atoms with Crippen molar-refractivity contribution in [3.05, 3.63) is 36.0 Å². The van der Waals surface area contributed by atoms with Crippen molar-refractivity contribution in [3.8, 4) is 0 Å². The number of aromatic nitrogens is 4. The van der Waals surface area contributed by atoms with Gasteiger partial charge in [-0.2, -0.15) is 18.2 Å². The van der Waals surface area contributed by atoms with E-state index in [1.54, 1.807) is 6.20 Å². The van der Waals surface area contributed by atoms with Gasteiger partial charge in [-0.15, -0.1) is 0 Å². The molecule has 1 aromatic carbocycles. The second-order valence-electron chi connectivity index (χ2n) is 10.1. The number of benzene rings is 1. The average molecular weight is 504 g/mol. The third-order valence-electron chi connectivity index (χ3n) is 7.43. The highest BCUT2D eigenvalue weighted by Gasteiger charge is 2.31. The van der Waals surface area contributed by atoms with Gasteiger partial charge in [0.2, 0.25) is 11.9 Å². The van der Waals surface area contributed by atoms with E-state index in [1.807, 2.05) is 0 Å². The Morgan fingerprint density at radius 1 is 1.08 bits per heavy atom. The first-order valence-corrected chi connectivity index (χ1v) is 12.5. The second-order valence-corrected chi connectivity index (χ2v) is 10.1. The van der Waals surface area contributed by atoms with Gasteiger partial charge in [0.05, 0.1) is 11.8 Å². The first-order chi connectivity index (χ1) is 17.2. The number of fused-ring (bicyclic) bond motifs is 1. The molecule has 1 aliphatic carbocycles. The molecular weight excluding hydrogens is 471 g/mol. The summed E-state index contributed by atoms with van der Waals surface area (Å²) in [5.74, 6) is 1.58. The van der Waals surface area contributed by atoms with E-state index in [0.717, 1.165) is 50.7 Å². The number of alkyl halides is 3. The summed E-state index contributed by atoms with van der Waals surface area (Å²) < 4.78 is 46.6. The molecule has 0 bridgehead atoms. The summed E-state index contributed by atoms with van der Waals surface area (Å²) >= 11 is 0. The number of hydrogen-bond donors (Lipinski definition) is 3. The minimum absolute atomic E-state index is 0.149. The summed E-state index contributed by atoms with van der Waals surface area (Å²) in [4.78, 5) is 14.1. The molecule has 3 aromatic rings. The summed E-state index contributed by atoms with van der Waals surface area (Å²) in [6, 6.07) is 5.12. The third-order valence-corrected chi connectivity index (χ3v) is 7.43. The van der Waals surface area contributed by atoms with Gasteiger partial charge in [0, 0.05) is 30.5 Å². The van der Waals surface area contributed by atoms with Crippen LogP contribution in [0.25, 0.3) is 11.2 Å². The maximum absolute atomic E-state index is 13.0. The van der Waals surface area contributed by atoms with Crippen molar-refractivity contribution in [2.45, 2.75) is 63.2 Å². The van der Waals surface area contributed by atoms with Gasteiger partial charge >= 0.3 is 6.18 Å². The van der Waals surface area contributed by atoms with Crippen LogP contribution >= 0.6 is 0 Å². The molecule has 0 radical (unpaired) electrons. The quantitative estimate of drug-likeness (QED) is 0.422. The predicted octanol–water partition coefficient (Wildman–Crippen LogP) is 5.26. The molecule has 11 heteroatoms. The maximum Gasteiger partial charge on any atom is 0.416 e. The Labute approximate surface area is 207 Å². The van der Waals surface area contributed by atoms with Crippen LogP contribution in [0.2, 0.25) is 0 Å². The molecule has 36 heavy (non-hydrogen) atoms. The molecular formula is C25H32F3N7O. The minimum Gasteiger partial charge on any atom is -0.381 e. The zero-order valence-corrected chi connectivity index (χ0v) is 20.3. The summed E-state index contributed by atoms with van der Waals surface area (Å²) in [5.41, 5.74) is 6.92. The Hall–Kier alpha value is -2.92. The van der Waals surface area contributed by atoms with Gasteiger partial charge in [-0.05, 0) is 82.2 Å². The molecule has 2 aromatic heterocycles. The van der Waals surface area contributed by atoms with Crippen LogP contribution in [0.1, 0.15) is 57.1 Å². The Balaban J connectivity index is 1.48. The van der Waals surface area contributed by atoms with Crippen molar-refractivity contribution < 1.29 is 17.9 Å². The minimum atomic E-state index is -4.38. The van der Waals surface area contributed by atoms with E-state index >= 15 is 0 Å². The van der Waals surface area contributed by atoms with Crippen LogP contribution in [0.15, 0.2) is 30.5 Å². The predicted molar refractivity (Wildman–Crippen MR) is 132 cm³/mol. The number of ether oxygens (including phenoxy) is 1. The average Bonchev–Trinajstić information content (AvgIpc) is 3.21. The van der Waals surface area contributed by atoms with Crippen LogP contribution < -0.4 is 16.4 Å². The summed E-state index contributed by atoms with van der Waals surface area (Å²) in [5, 5.41) is 6.71. The van der Waals surface area contributed by atoms with E-state index < -0.39 is 11.7 Å². The smallest absolute Gasteiger partial charge is 0.381 e. The Morgan fingerprint density at radius 2 is 1.78 bits per heavy atom. The zero-order valence-electron chi connectivity index (χ0n) is 20.3. The standard InChI is InChI=1S/C25H32F3N7O/c1-24(10-12-36-13-11-24)34-22-30-15-20-21(33-22)35(19-8-2-16(14-29)3-9-19)23(32-20)31-18-6-4-17(5-7-18)25(26,27)28/h4-7,15-16,19H,2-3,8-14,29H2,1H3,(H,31,32)(H,30,33,34)/t16-,19-. The molecule has 194 valence electrons. The molecule has 0 spiro atoms. The first-order valence-electron chi connectivity index (χ1n) is 12.5. The number of rotatable bonds is 6. The van der Waals surface area contributed by atoms with Gasteiger partial charge in [-0.3, -0.25) is 4.57 Å². The fourth-order valence-electron chi connectivity index (χ4n) is 5.11. The van der Waals surface area contributed by atoms with Gasteiger partial charge < -0.3 is 21.1 Å². The lowest BCUT2D eigenvalue weighted by atomic mass is 9.86. The van der Waals surface area contributed by atoms with Gasteiger partial charge in [-0.1, -0.05) is 0 Å². The number of nitrogens with one attached hydrogen (secondary N) is 2. The van der Waals surface area contributed by atoms with Crippen molar-refractivity contribution in [2.75, 3.05) is 30.4 Å². The van der Waals surface area contributed by atoms with Crippen LogP contribution in [0.5, 0.6) is 0 Å². The topological polar surface area (TPSA) is 103 Å². The van der Waals surface area contributed by atoms with Gasteiger partial charge in [0.25, 0.3) is 0 Å². The van der Waals surface area contributed by atoms with E-state index in [0.29, 0.717) is 54.4 Å². The van der Waals surface area contributed by atoms with E-state index in [2.05, 4.69) is 27.1 Å². The van der Waals surface area contributed by atoms with E-state index in [-0.39, 0.29) is 11.6 Å². The van der Waals surface area contributed by atoms with Gasteiger partial charge in [0.15, 0.2) is 5.65 Å². The SMILES string of the molecule is CC1(Nc2ncc3nc(Nc4ccc(C(F)(F)F)cc4)n([C@H]4CC[C@H](CN)CC4)c3n2)CCOCC1. The van der Waals surface area contributed by atoms with Crippen molar-refractivity contribution in [3.63, 3.8) is 0 Å². The van der Waals surface area contributed by atoms with Crippen LogP contribution in [0.3, 0.4) is 0 Å². The van der Waals surface area contributed by atoms with E-state index in [9.17, 15) is 13.2 Å². The third kappa shape index (κ3) is 5.27. The fourth-order valence-corrected chi connectivity index (χ4v) is 5.11. The molecule has 3 heterocycles. The molecule has 1 saturated heterocycles. The summed E-state index contributed by atoms with van der Waals surface area (Å²) in [6.07, 6.45) is 2.91. The van der Waals surface area contributed by atoms with Crippen molar-refractivity contribution in [1.82, 2.24) is 19.5 Å². The number of imidazole rings is 1. The number of anilines is 3. The highest BCUT2D eigenvalue weighted by molar-refractivity contribution is 5.76. The largest absolute Gasteiger partial charge is 0.416 e. The van der Waals surface area contributed by atoms with Crippen molar-refractivity contribution in [2.24, 2.45) is 11.7 Å². The second kappa shape index (κ2) is 9.85. The van der Waals surface area contributed by atoms with Crippen LogP contribution in [0.4, 0.5) is 30.8 Å². The maximum atomic E-state index is 13.0. The van der Waals surface area contributed by atoms with Gasteiger partial charge in [-0.25, -0.2) is 9.97 Å². The Bertz CT molecular complexity index is 1180. The fraction of sp³-hybridized carbons (Fsp3) is 0.560. The highest BCUT2D eigenvalue weighted by atomic mass is 19.4. The van der Waals surface area contributed by atoms with Gasteiger partial charge in [0.1, 0.15) is 5.52 Å². The zero-order chi connectivity index (χ0) is 25.3. The number of halogens is 3. The normalized spacial score (nSPS) is 22.5. The van der Waals surface area contributed by atoms with Crippen molar-refractivity contribution >= 4 is 28.7 Å². The lowest BCUT2D eigenvalue weighted by Gasteiger charge is -2.34. The molecule has 2 aliphatic rings. The highest BCUT2D eigenvalue weighted by Crippen LogP contribution is 2.37. The summed E-state index contributed by atoms with van der Waals surface area (Å²) in [6.45, 7) is 4.20. The molecule has 5 rings (SSSR count). The monoisotopic (exact) mass is 503 g/mol. The Kier molecular flexibility index (Phi) is 6.78.